The van der Waals surface area contributed by atoms with Crippen molar-refractivity contribution in [1.29, 1.82) is 5.26 Å². The van der Waals surface area contributed by atoms with Crippen LogP contribution in [0.2, 0.25) is 5.02 Å². The summed E-state index contributed by atoms with van der Waals surface area (Å²) in [6, 6.07) is 8.21. The number of hydrogen-bond acceptors (Lipinski definition) is 5. The highest BCUT2D eigenvalue weighted by molar-refractivity contribution is 6.30. The van der Waals surface area contributed by atoms with Crippen LogP contribution in [0, 0.1) is 23.7 Å². The number of halogens is 1. The van der Waals surface area contributed by atoms with Crippen LogP contribution in [0.3, 0.4) is 0 Å². The number of rotatable bonds is 12. The summed E-state index contributed by atoms with van der Waals surface area (Å²) in [7, 11) is 2.08. The predicted octanol–water partition coefficient (Wildman–Crippen LogP) is 5.26. The summed E-state index contributed by atoms with van der Waals surface area (Å²) in [5.41, 5.74) is 4.93. The average Bonchev–Trinajstić information content (AvgIpc) is 2.98. The van der Waals surface area contributed by atoms with E-state index in [1.165, 1.54) is 28.6 Å². The molecule has 0 bridgehead atoms. The van der Waals surface area contributed by atoms with Crippen LogP contribution in [-0.4, -0.2) is 51.4 Å². The summed E-state index contributed by atoms with van der Waals surface area (Å²) >= 11 is 6.40. The van der Waals surface area contributed by atoms with Gasteiger partial charge >= 0.3 is 0 Å². The Balaban J connectivity index is 1.68. The smallest absolute Gasteiger partial charge is 0.111 e. The number of ether oxygens (including phenoxy) is 2. The molecule has 1 aliphatic carbocycles. The van der Waals surface area contributed by atoms with E-state index in [2.05, 4.69) is 53.1 Å². The molecule has 0 spiro atoms. The Labute approximate surface area is 208 Å². The van der Waals surface area contributed by atoms with E-state index in [4.69, 9.17) is 32.8 Å². The first-order valence-corrected chi connectivity index (χ1v) is 12.0. The summed E-state index contributed by atoms with van der Waals surface area (Å²) < 4.78 is 11.2. The summed E-state index contributed by atoms with van der Waals surface area (Å²) in [6.45, 7) is 3.94. The van der Waals surface area contributed by atoms with Crippen molar-refractivity contribution >= 4 is 17.3 Å². The molecule has 1 heterocycles. The van der Waals surface area contributed by atoms with E-state index in [0.717, 1.165) is 56.1 Å². The molecule has 0 atom stereocenters. The van der Waals surface area contributed by atoms with Gasteiger partial charge in [-0.2, -0.15) is 5.26 Å². The number of allylic oxidation sites excluding steroid dienone is 6. The highest BCUT2D eigenvalue weighted by Gasteiger charge is 2.24. The van der Waals surface area contributed by atoms with Crippen molar-refractivity contribution in [2.45, 2.75) is 25.7 Å². The second-order valence-electron chi connectivity index (χ2n) is 8.33. The van der Waals surface area contributed by atoms with Crippen molar-refractivity contribution in [2.75, 3.05) is 51.4 Å². The van der Waals surface area contributed by atoms with Crippen molar-refractivity contribution in [1.82, 2.24) is 4.90 Å². The molecule has 3 rings (SSSR count). The molecule has 178 valence electrons. The fourth-order valence-corrected chi connectivity index (χ4v) is 4.28. The van der Waals surface area contributed by atoms with Gasteiger partial charge in [0.1, 0.15) is 19.0 Å². The molecule has 1 aliphatic heterocycles. The monoisotopic (exact) mass is 477 g/mol. The Bertz CT molecular complexity index is 1040. The van der Waals surface area contributed by atoms with Crippen molar-refractivity contribution in [3.63, 3.8) is 0 Å². The summed E-state index contributed by atoms with van der Waals surface area (Å²) in [5, 5.41) is 9.39. The largest absolute Gasteiger partial charge is 0.495 e. The van der Waals surface area contributed by atoms with Gasteiger partial charge in [0, 0.05) is 42.0 Å². The van der Waals surface area contributed by atoms with Crippen LogP contribution in [0.4, 0.5) is 5.69 Å². The lowest BCUT2D eigenvalue weighted by molar-refractivity contribution is 0.0919. The molecule has 1 aromatic carbocycles. The maximum atomic E-state index is 8.64. The zero-order valence-corrected chi connectivity index (χ0v) is 20.6. The summed E-state index contributed by atoms with van der Waals surface area (Å²) in [4.78, 5) is 4.63. The number of terminal acetylenes is 1. The molecule has 0 unspecified atom stereocenters. The summed E-state index contributed by atoms with van der Waals surface area (Å²) in [6.07, 6.45) is 18.9. The first kappa shape index (κ1) is 25.7. The van der Waals surface area contributed by atoms with E-state index >= 15 is 0 Å². The van der Waals surface area contributed by atoms with Crippen molar-refractivity contribution < 1.29 is 9.47 Å². The molecule has 5 nitrogen and oxygen atoms in total. The van der Waals surface area contributed by atoms with Crippen molar-refractivity contribution in [3.05, 3.63) is 76.2 Å². The number of likely N-dealkylation sites (N-methyl/N-ethyl adjacent to an activating group) is 1. The first-order valence-electron chi connectivity index (χ1n) is 11.7. The lowest BCUT2D eigenvalue weighted by atomic mass is 10.0. The Morgan fingerprint density at radius 1 is 1.26 bits per heavy atom. The molecular formula is C28H32ClN3O2. The number of benzene rings is 1. The minimum Gasteiger partial charge on any atom is -0.495 e. The average molecular weight is 478 g/mol. The van der Waals surface area contributed by atoms with Gasteiger partial charge in [0.2, 0.25) is 0 Å². The number of nitriles is 1. The maximum absolute atomic E-state index is 8.64. The summed E-state index contributed by atoms with van der Waals surface area (Å²) in [5.74, 6) is 3.40. The molecule has 0 fully saturated rings. The maximum Gasteiger partial charge on any atom is 0.111 e. The van der Waals surface area contributed by atoms with E-state index in [0.29, 0.717) is 19.8 Å². The minimum atomic E-state index is 0.305. The first-order chi connectivity index (χ1) is 16.6. The Hall–Kier alpha value is -2.96. The van der Waals surface area contributed by atoms with E-state index in [-0.39, 0.29) is 0 Å². The highest BCUT2D eigenvalue weighted by atomic mass is 35.5. The van der Waals surface area contributed by atoms with Gasteiger partial charge in [-0.15, -0.1) is 6.42 Å². The molecule has 1 aromatic rings. The normalized spacial score (nSPS) is 15.0. The van der Waals surface area contributed by atoms with Gasteiger partial charge in [-0.1, -0.05) is 35.7 Å². The third kappa shape index (κ3) is 7.54. The zero-order chi connectivity index (χ0) is 24.2. The molecule has 2 aliphatic rings. The number of nitrogens with zero attached hydrogens (tertiary/aromatic N) is 3. The number of fused-ring (bicyclic) bond motifs is 2. The Morgan fingerprint density at radius 3 is 2.97 bits per heavy atom. The van der Waals surface area contributed by atoms with Gasteiger partial charge in [-0.05, 0) is 68.3 Å². The molecule has 0 saturated carbocycles. The number of hydrogen-bond donors (Lipinski definition) is 0. The van der Waals surface area contributed by atoms with Crippen LogP contribution >= 0.6 is 11.6 Å². The van der Waals surface area contributed by atoms with Crippen LogP contribution in [0.15, 0.2) is 65.6 Å². The molecule has 0 amide bonds. The topological polar surface area (TPSA) is 48.7 Å². The molecule has 0 radical (unpaired) electrons. The third-order valence-electron chi connectivity index (χ3n) is 5.80. The second-order valence-corrected chi connectivity index (χ2v) is 8.76. The van der Waals surface area contributed by atoms with E-state index < -0.39 is 0 Å². The van der Waals surface area contributed by atoms with Crippen LogP contribution < -0.4 is 4.90 Å². The van der Waals surface area contributed by atoms with Crippen LogP contribution in [-0.2, 0) is 15.9 Å². The van der Waals surface area contributed by atoms with Gasteiger partial charge in [0.25, 0.3) is 0 Å². The van der Waals surface area contributed by atoms with Crippen molar-refractivity contribution in [2.24, 2.45) is 0 Å². The molecule has 0 saturated heterocycles. The standard InChI is InChI=1S/C28H32ClN3O2/c1-3-18-33-19-20-34-26-12-13-27-24(21-26)9-8-23-10-11-25(29)22-28(23)32(27)17-7-6-16-31(2)15-5-4-14-30/h1,4-5,9-13,22H,6-8,15-21H2,2H3/b5-4+. The lowest BCUT2D eigenvalue weighted by Gasteiger charge is -2.31. The van der Waals surface area contributed by atoms with Gasteiger partial charge in [-0.25, -0.2) is 0 Å². The van der Waals surface area contributed by atoms with Crippen LogP contribution in [0.1, 0.15) is 24.8 Å². The van der Waals surface area contributed by atoms with Crippen molar-refractivity contribution in [3.8, 4) is 18.4 Å². The van der Waals surface area contributed by atoms with Gasteiger partial charge < -0.3 is 19.3 Å². The second kappa shape index (κ2) is 13.7. The lowest BCUT2D eigenvalue weighted by Crippen LogP contribution is -2.27. The SMILES string of the molecule is C#CCOCCOC1=CC=C2C(=CCc3ccc(Cl)cc3N2CCCCN(C)C/C=C/C#N)C1. The van der Waals surface area contributed by atoms with Crippen LogP contribution in [0.25, 0.3) is 0 Å². The fraction of sp³-hybridized carbons (Fsp3) is 0.393. The van der Waals surface area contributed by atoms with Gasteiger partial charge in [0.15, 0.2) is 0 Å². The highest BCUT2D eigenvalue weighted by Crippen LogP contribution is 2.38. The molecular weight excluding hydrogens is 446 g/mol. The predicted molar refractivity (Wildman–Crippen MR) is 138 cm³/mol. The fourth-order valence-electron chi connectivity index (χ4n) is 4.11. The number of unbranched alkanes of at least 4 members (excludes halogenated alkanes) is 1. The Morgan fingerprint density at radius 2 is 2.15 bits per heavy atom. The Kier molecular flexibility index (Phi) is 10.3. The van der Waals surface area contributed by atoms with Gasteiger partial charge in [-0.3, -0.25) is 0 Å². The minimum absolute atomic E-state index is 0.305. The zero-order valence-electron chi connectivity index (χ0n) is 19.8. The third-order valence-corrected chi connectivity index (χ3v) is 6.03. The molecule has 34 heavy (non-hydrogen) atoms. The quantitative estimate of drug-likeness (QED) is 0.233. The molecule has 6 heteroatoms. The van der Waals surface area contributed by atoms with E-state index in [1.54, 1.807) is 0 Å². The number of anilines is 1. The van der Waals surface area contributed by atoms with E-state index in [1.807, 2.05) is 18.2 Å². The van der Waals surface area contributed by atoms with E-state index in [9.17, 15) is 0 Å². The molecule has 0 N–H and O–H groups in total. The van der Waals surface area contributed by atoms with Crippen LogP contribution in [0.5, 0.6) is 0 Å². The van der Waals surface area contributed by atoms with Gasteiger partial charge in [0.05, 0.1) is 12.7 Å². The molecule has 0 aromatic heterocycles.